The van der Waals surface area contributed by atoms with E-state index >= 15 is 0 Å². The SMILES string of the molecule is Cc1c(NC(=O)OC(C)(C)C)ccc(C=O)c1B1OC(C)(C)C(C)(C)O1. The lowest BCUT2D eigenvalue weighted by atomic mass is 9.73. The molecule has 2 rings (SSSR count). The largest absolute Gasteiger partial charge is 0.495 e. The van der Waals surface area contributed by atoms with Gasteiger partial charge in [-0.15, -0.1) is 0 Å². The molecule has 1 heterocycles. The molecule has 1 fully saturated rings. The number of hydrogen-bond donors (Lipinski definition) is 1. The fourth-order valence-corrected chi connectivity index (χ4v) is 2.68. The predicted molar refractivity (Wildman–Crippen MR) is 102 cm³/mol. The highest BCUT2D eigenvalue weighted by molar-refractivity contribution is 6.64. The van der Waals surface area contributed by atoms with Crippen molar-refractivity contribution in [3.05, 3.63) is 23.3 Å². The molecule has 1 aliphatic rings. The molecule has 1 amide bonds. The quantitative estimate of drug-likeness (QED) is 0.659. The minimum Gasteiger partial charge on any atom is -0.444 e. The van der Waals surface area contributed by atoms with Crippen LogP contribution in [0.15, 0.2) is 12.1 Å². The van der Waals surface area contributed by atoms with E-state index in [1.807, 2.05) is 34.6 Å². The lowest BCUT2D eigenvalue weighted by Gasteiger charge is -2.32. The van der Waals surface area contributed by atoms with E-state index in [1.165, 1.54) is 0 Å². The number of rotatable bonds is 3. The number of amides is 1. The van der Waals surface area contributed by atoms with Gasteiger partial charge in [0.25, 0.3) is 0 Å². The Morgan fingerprint density at radius 1 is 1.15 bits per heavy atom. The molecule has 7 heteroatoms. The zero-order valence-electron chi connectivity index (χ0n) is 16.9. The standard InChI is InChI=1S/C19H28BNO5/c1-12-14(21-16(23)24-17(2,3)4)10-9-13(11-22)15(12)20-25-18(5,6)19(7,8)26-20/h9-11H,1-8H3,(H,21,23). The summed E-state index contributed by atoms with van der Waals surface area (Å²) in [6, 6.07) is 3.32. The first-order valence-electron chi connectivity index (χ1n) is 8.72. The fraction of sp³-hybridized carbons (Fsp3) is 0.579. The number of benzene rings is 1. The number of hydrogen-bond acceptors (Lipinski definition) is 5. The predicted octanol–water partition coefficient (Wildman–Crippen LogP) is 3.45. The highest BCUT2D eigenvalue weighted by Crippen LogP contribution is 2.37. The van der Waals surface area contributed by atoms with Gasteiger partial charge >= 0.3 is 13.2 Å². The van der Waals surface area contributed by atoms with Gasteiger partial charge in [0.1, 0.15) is 11.9 Å². The number of aldehydes is 1. The maximum absolute atomic E-state index is 12.1. The van der Waals surface area contributed by atoms with Crippen molar-refractivity contribution in [3.63, 3.8) is 0 Å². The van der Waals surface area contributed by atoms with Gasteiger partial charge < -0.3 is 14.0 Å². The highest BCUT2D eigenvalue weighted by atomic mass is 16.7. The molecule has 0 aromatic heterocycles. The van der Waals surface area contributed by atoms with Crippen LogP contribution in [-0.4, -0.2) is 36.3 Å². The summed E-state index contributed by atoms with van der Waals surface area (Å²) in [7, 11) is -0.694. The summed E-state index contributed by atoms with van der Waals surface area (Å²) in [6.45, 7) is 15.0. The van der Waals surface area contributed by atoms with Crippen LogP contribution in [0.1, 0.15) is 64.4 Å². The summed E-state index contributed by atoms with van der Waals surface area (Å²) in [5.41, 5.74) is 0.684. The molecule has 26 heavy (non-hydrogen) atoms. The van der Waals surface area contributed by atoms with Gasteiger partial charge in [-0.05, 0) is 78.5 Å². The highest BCUT2D eigenvalue weighted by Gasteiger charge is 2.52. The van der Waals surface area contributed by atoms with E-state index in [2.05, 4.69) is 5.32 Å². The topological polar surface area (TPSA) is 73.9 Å². The van der Waals surface area contributed by atoms with Gasteiger partial charge in [0.2, 0.25) is 0 Å². The van der Waals surface area contributed by atoms with Gasteiger partial charge in [0.15, 0.2) is 0 Å². The van der Waals surface area contributed by atoms with Crippen LogP contribution in [0.25, 0.3) is 0 Å². The minimum atomic E-state index is -0.694. The van der Waals surface area contributed by atoms with Gasteiger partial charge in [0, 0.05) is 11.3 Å². The average Bonchev–Trinajstić information content (AvgIpc) is 2.66. The molecule has 0 unspecified atom stereocenters. The first-order valence-corrected chi connectivity index (χ1v) is 8.72. The Morgan fingerprint density at radius 2 is 1.69 bits per heavy atom. The smallest absolute Gasteiger partial charge is 0.444 e. The molecule has 6 nitrogen and oxygen atoms in total. The van der Waals surface area contributed by atoms with Crippen molar-refractivity contribution in [1.29, 1.82) is 0 Å². The number of anilines is 1. The second-order valence-corrected chi connectivity index (χ2v) is 8.57. The lowest BCUT2D eigenvalue weighted by molar-refractivity contribution is 0.00578. The average molecular weight is 361 g/mol. The molecule has 1 aromatic rings. The molecule has 1 aliphatic heterocycles. The molecule has 1 N–H and O–H groups in total. The van der Waals surface area contributed by atoms with Crippen molar-refractivity contribution in [1.82, 2.24) is 0 Å². The van der Waals surface area contributed by atoms with Gasteiger partial charge in [-0.1, -0.05) is 0 Å². The van der Waals surface area contributed by atoms with E-state index in [0.29, 0.717) is 22.3 Å². The van der Waals surface area contributed by atoms with Crippen molar-refractivity contribution in [2.75, 3.05) is 5.32 Å². The molecule has 0 aliphatic carbocycles. The van der Waals surface area contributed by atoms with E-state index in [4.69, 9.17) is 14.0 Å². The summed E-state index contributed by atoms with van der Waals surface area (Å²) in [5, 5.41) is 2.74. The lowest BCUT2D eigenvalue weighted by Crippen LogP contribution is -2.41. The molecule has 0 spiro atoms. The molecular formula is C19H28BNO5. The summed E-state index contributed by atoms with van der Waals surface area (Å²) in [6.07, 6.45) is 0.212. The van der Waals surface area contributed by atoms with Crippen LogP contribution >= 0.6 is 0 Å². The molecule has 0 atom stereocenters. The summed E-state index contributed by atoms with van der Waals surface area (Å²) < 4.78 is 17.5. The molecule has 0 saturated carbocycles. The van der Waals surface area contributed by atoms with Crippen LogP contribution in [0.3, 0.4) is 0 Å². The third kappa shape index (κ3) is 4.10. The summed E-state index contributed by atoms with van der Waals surface area (Å²) in [4.78, 5) is 23.7. The Morgan fingerprint density at radius 3 is 2.15 bits per heavy atom. The van der Waals surface area contributed by atoms with Crippen LogP contribution in [0.5, 0.6) is 0 Å². The number of ether oxygens (including phenoxy) is 1. The first-order chi connectivity index (χ1) is 11.8. The normalized spacial score (nSPS) is 18.5. The van der Waals surface area contributed by atoms with E-state index in [-0.39, 0.29) is 0 Å². The number of carbonyl (C=O) groups excluding carboxylic acids is 2. The maximum atomic E-state index is 12.1. The van der Waals surface area contributed by atoms with Crippen molar-refractivity contribution in [2.24, 2.45) is 0 Å². The van der Waals surface area contributed by atoms with E-state index in [9.17, 15) is 9.59 Å². The van der Waals surface area contributed by atoms with Crippen LogP contribution in [-0.2, 0) is 14.0 Å². The van der Waals surface area contributed by atoms with Crippen molar-refractivity contribution < 1.29 is 23.6 Å². The third-order valence-electron chi connectivity index (χ3n) is 4.80. The fourth-order valence-electron chi connectivity index (χ4n) is 2.68. The summed E-state index contributed by atoms with van der Waals surface area (Å²) >= 11 is 0. The zero-order valence-corrected chi connectivity index (χ0v) is 16.9. The third-order valence-corrected chi connectivity index (χ3v) is 4.80. The number of nitrogens with one attached hydrogen (secondary N) is 1. The van der Waals surface area contributed by atoms with Crippen molar-refractivity contribution in [2.45, 2.75) is 72.2 Å². The Hall–Kier alpha value is -1.86. The zero-order chi connectivity index (χ0) is 19.9. The molecule has 0 bridgehead atoms. The maximum Gasteiger partial charge on any atom is 0.495 e. The van der Waals surface area contributed by atoms with Crippen molar-refractivity contribution >= 4 is 30.6 Å². The minimum absolute atomic E-state index is 0.468. The monoisotopic (exact) mass is 361 g/mol. The van der Waals surface area contributed by atoms with Crippen LogP contribution < -0.4 is 10.8 Å². The summed E-state index contributed by atoms with van der Waals surface area (Å²) in [5.74, 6) is 0. The Bertz CT molecular complexity index is 705. The number of carbonyl (C=O) groups is 2. The molecule has 142 valence electrons. The molecule has 1 saturated heterocycles. The second kappa shape index (κ2) is 6.70. The van der Waals surface area contributed by atoms with E-state index in [1.54, 1.807) is 32.9 Å². The Labute approximate surface area is 155 Å². The van der Waals surface area contributed by atoms with Gasteiger partial charge in [-0.3, -0.25) is 10.1 Å². The molecular weight excluding hydrogens is 333 g/mol. The molecule has 0 radical (unpaired) electrons. The van der Waals surface area contributed by atoms with Crippen LogP contribution in [0.4, 0.5) is 10.5 Å². The van der Waals surface area contributed by atoms with Crippen LogP contribution in [0, 0.1) is 6.92 Å². The van der Waals surface area contributed by atoms with Gasteiger partial charge in [0.05, 0.1) is 11.2 Å². The van der Waals surface area contributed by atoms with E-state index < -0.39 is 30.0 Å². The van der Waals surface area contributed by atoms with Gasteiger partial charge in [-0.2, -0.15) is 0 Å². The van der Waals surface area contributed by atoms with E-state index in [0.717, 1.165) is 6.29 Å². The van der Waals surface area contributed by atoms with Crippen LogP contribution in [0.2, 0.25) is 0 Å². The molecule has 1 aromatic carbocycles. The van der Waals surface area contributed by atoms with Crippen molar-refractivity contribution in [3.8, 4) is 0 Å². The second-order valence-electron chi connectivity index (χ2n) is 8.57. The Kier molecular flexibility index (Phi) is 5.28. The first kappa shape index (κ1) is 20.5. The Balaban J connectivity index is 2.38. The van der Waals surface area contributed by atoms with Gasteiger partial charge in [-0.25, -0.2) is 4.79 Å².